The van der Waals surface area contributed by atoms with Crippen molar-refractivity contribution in [2.45, 2.75) is 19.3 Å². The second-order valence-corrected chi connectivity index (χ2v) is 4.00. The van der Waals surface area contributed by atoms with Gasteiger partial charge in [-0.1, -0.05) is 0 Å². The molecule has 0 unspecified atom stereocenters. The number of anilines is 1. The van der Waals surface area contributed by atoms with Gasteiger partial charge in [0.1, 0.15) is 23.6 Å². The smallest absolute Gasteiger partial charge is 0.433 e. The maximum atomic E-state index is 12.6. The normalized spacial score (nSPS) is 12.3. The molecule has 1 rings (SSSR count). The molecule has 10 heteroatoms. The second-order valence-electron chi connectivity index (χ2n) is 4.00. The molecule has 0 bridgehead atoms. The summed E-state index contributed by atoms with van der Waals surface area (Å²) in [5.41, 5.74) is -2.18. The van der Waals surface area contributed by atoms with Crippen molar-refractivity contribution in [3.8, 4) is 0 Å². The third-order valence-corrected chi connectivity index (χ3v) is 2.45. The molecule has 1 heterocycles. The number of carbonyl (C=O) groups is 1. The lowest BCUT2D eigenvalue weighted by Crippen LogP contribution is -2.36. The van der Waals surface area contributed by atoms with Crippen LogP contribution in [0.5, 0.6) is 0 Å². The lowest BCUT2D eigenvalue weighted by atomic mass is 10.2. The van der Waals surface area contributed by atoms with Gasteiger partial charge in [0.25, 0.3) is 0 Å². The van der Waals surface area contributed by atoms with Gasteiger partial charge in [-0.3, -0.25) is 0 Å². The van der Waals surface area contributed by atoms with E-state index in [9.17, 15) is 31.1 Å². The number of hydrogen-bond donors (Lipinski definition) is 1. The van der Waals surface area contributed by atoms with E-state index >= 15 is 0 Å². The summed E-state index contributed by atoms with van der Waals surface area (Å²) in [7, 11) is 0. The zero-order valence-electron chi connectivity index (χ0n) is 10.6. The summed E-state index contributed by atoms with van der Waals surface area (Å²) in [6.45, 7) is -0.703. The Balaban J connectivity index is 3.37. The van der Waals surface area contributed by atoms with Crippen LogP contribution in [0.2, 0.25) is 0 Å². The fraction of sp³-hybridized carbons (Fsp3) is 0.455. The predicted octanol–water partition coefficient (Wildman–Crippen LogP) is 3.19. The summed E-state index contributed by atoms with van der Waals surface area (Å²) in [5, 5.41) is 8.87. The van der Waals surface area contributed by atoms with Crippen LogP contribution in [-0.2, 0) is 6.18 Å². The molecule has 0 amide bonds. The second kappa shape index (κ2) is 5.78. The Hall–Kier alpha value is -2.00. The zero-order valence-corrected chi connectivity index (χ0v) is 10.6. The monoisotopic (exact) mass is 316 g/mol. The number of halogens is 6. The number of carboxylic acid groups (broad SMARTS) is 1. The fourth-order valence-electron chi connectivity index (χ4n) is 1.57. The number of rotatable bonds is 4. The largest absolute Gasteiger partial charge is 0.478 e. The van der Waals surface area contributed by atoms with Gasteiger partial charge in [0.15, 0.2) is 0 Å². The Morgan fingerprint density at radius 2 is 1.81 bits per heavy atom. The average molecular weight is 316 g/mol. The number of alkyl halides is 6. The molecule has 0 aliphatic rings. The molecular weight excluding hydrogens is 306 g/mol. The van der Waals surface area contributed by atoms with Crippen molar-refractivity contribution >= 4 is 11.8 Å². The molecule has 118 valence electrons. The van der Waals surface area contributed by atoms with E-state index in [2.05, 4.69) is 4.98 Å². The minimum Gasteiger partial charge on any atom is -0.478 e. The van der Waals surface area contributed by atoms with Crippen LogP contribution in [0.1, 0.15) is 23.0 Å². The van der Waals surface area contributed by atoms with Crippen LogP contribution in [0.3, 0.4) is 0 Å². The summed E-state index contributed by atoms with van der Waals surface area (Å²) < 4.78 is 74.9. The fourth-order valence-corrected chi connectivity index (χ4v) is 1.57. The maximum Gasteiger partial charge on any atom is 0.433 e. The van der Waals surface area contributed by atoms with Crippen molar-refractivity contribution in [3.05, 3.63) is 23.4 Å². The van der Waals surface area contributed by atoms with Gasteiger partial charge >= 0.3 is 18.3 Å². The molecule has 1 aromatic heterocycles. The lowest BCUT2D eigenvalue weighted by molar-refractivity contribution is -0.141. The van der Waals surface area contributed by atoms with E-state index in [0.717, 1.165) is 0 Å². The molecule has 0 atom stereocenters. The number of pyridine rings is 1. The topological polar surface area (TPSA) is 53.4 Å². The minimum absolute atomic E-state index is 0.353. The van der Waals surface area contributed by atoms with Gasteiger partial charge in [0.05, 0.1) is 0 Å². The van der Waals surface area contributed by atoms with E-state index in [-0.39, 0.29) is 6.54 Å². The molecule has 0 saturated carbocycles. The van der Waals surface area contributed by atoms with Crippen molar-refractivity contribution in [1.82, 2.24) is 4.98 Å². The summed E-state index contributed by atoms with van der Waals surface area (Å²) in [5.74, 6) is -2.52. The minimum atomic E-state index is -4.89. The van der Waals surface area contributed by atoms with E-state index < -0.39 is 41.9 Å². The molecule has 0 aliphatic carbocycles. The van der Waals surface area contributed by atoms with Crippen LogP contribution in [0.25, 0.3) is 0 Å². The van der Waals surface area contributed by atoms with Crippen LogP contribution >= 0.6 is 0 Å². The molecule has 21 heavy (non-hydrogen) atoms. The molecule has 0 spiro atoms. The quantitative estimate of drug-likeness (QED) is 0.867. The van der Waals surface area contributed by atoms with Crippen molar-refractivity contribution in [1.29, 1.82) is 0 Å². The summed E-state index contributed by atoms with van der Waals surface area (Å²) in [6, 6.07) is 1.00. The van der Waals surface area contributed by atoms with Crippen molar-refractivity contribution in [2.24, 2.45) is 0 Å². The highest BCUT2D eigenvalue weighted by Crippen LogP contribution is 2.31. The van der Waals surface area contributed by atoms with E-state index in [1.165, 1.54) is 6.92 Å². The van der Waals surface area contributed by atoms with E-state index in [4.69, 9.17) is 5.11 Å². The molecule has 0 fully saturated rings. The highest BCUT2D eigenvalue weighted by Gasteiger charge is 2.36. The number of aromatic nitrogens is 1. The first-order chi connectivity index (χ1) is 9.45. The number of carboxylic acids is 1. The van der Waals surface area contributed by atoms with Crippen LogP contribution in [0.4, 0.5) is 32.2 Å². The molecule has 0 saturated heterocycles. The van der Waals surface area contributed by atoms with Gasteiger partial charge in [-0.25, -0.2) is 9.78 Å². The third kappa shape index (κ3) is 4.50. The van der Waals surface area contributed by atoms with Gasteiger partial charge in [-0.2, -0.15) is 26.3 Å². The van der Waals surface area contributed by atoms with Gasteiger partial charge < -0.3 is 10.0 Å². The first-order valence-electron chi connectivity index (χ1n) is 5.59. The van der Waals surface area contributed by atoms with Crippen molar-refractivity contribution < 1.29 is 36.2 Å². The van der Waals surface area contributed by atoms with Gasteiger partial charge in [-0.15, -0.1) is 0 Å². The molecule has 1 N–H and O–H groups in total. The van der Waals surface area contributed by atoms with Crippen molar-refractivity contribution in [2.75, 3.05) is 18.0 Å². The lowest BCUT2D eigenvalue weighted by Gasteiger charge is -2.25. The molecule has 0 aliphatic heterocycles. The SMILES string of the molecule is CCN(CC(F)(F)F)c1nc(C(F)(F)F)ccc1C(=O)O. The molecule has 0 aromatic carbocycles. The maximum absolute atomic E-state index is 12.6. The Bertz CT molecular complexity index is 526. The van der Waals surface area contributed by atoms with E-state index in [1.54, 1.807) is 0 Å². The number of hydrogen-bond acceptors (Lipinski definition) is 3. The Labute approximate surface area is 115 Å². The number of aromatic carboxylic acids is 1. The van der Waals surface area contributed by atoms with Gasteiger partial charge in [-0.05, 0) is 19.1 Å². The van der Waals surface area contributed by atoms with Crippen molar-refractivity contribution in [3.63, 3.8) is 0 Å². The number of nitrogens with zero attached hydrogens (tertiary/aromatic N) is 2. The van der Waals surface area contributed by atoms with Crippen LogP contribution < -0.4 is 4.90 Å². The molecular formula is C11H10F6N2O2. The third-order valence-electron chi connectivity index (χ3n) is 2.45. The summed E-state index contributed by atoms with van der Waals surface area (Å²) in [4.78, 5) is 14.4. The van der Waals surface area contributed by atoms with E-state index in [0.29, 0.717) is 17.0 Å². The average Bonchev–Trinajstić information content (AvgIpc) is 2.33. The standard InChI is InChI=1S/C11H10F6N2O2/c1-2-19(5-10(12,13)14)8-6(9(20)21)3-4-7(18-8)11(15,16)17/h3-4H,2,5H2,1H3,(H,20,21). The zero-order chi connectivity index (χ0) is 16.4. The predicted molar refractivity (Wildman–Crippen MR) is 60.1 cm³/mol. The Morgan fingerprint density at radius 1 is 1.24 bits per heavy atom. The molecule has 0 radical (unpaired) electrons. The Morgan fingerprint density at radius 3 is 2.19 bits per heavy atom. The van der Waals surface area contributed by atoms with Gasteiger partial charge in [0, 0.05) is 6.54 Å². The first-order valence-corrected chi connectivity index (χ1v) is 5.59. The van der Waals surface area contributed by atoms with Crippen LogP contribution in [-0.4, -0.2) is 35.3 Å². The van der Waals surface area contributed by atoms with Crippen LogP contribution in [0, 0.1) is 0 Å². The van der Waals surface area contributed by atoms with Gasteiger partial charge in [0.2, 0.25) is 0 Å². The highest BCUT2D eigenvalue weighted by molar-refractivity contribution is 5.93. The van der Waals surface area contributed by atoms with Crippen LogP contribution in [0.15, 0.2) is 12.1 Å². The first kappa shape index (κ1) is 17.1. The van der Waals surface area contributed by atoms with E-state index in [1.807, 2.05) is 0 Å². The summed E-state index contributed by atoms with van der Waals surface area (Å²) in [6.07, 6.45) is -9.59. The molecule has 1 aromatic rings. The molecule has 4 nitrogen and oxygen atoms in total. The highest BCUT2D eigenvalue weighted by atomic mass is 19.4. The summed E-state index contributed by atoms with van der Waals surface area (Å²) >= 11 is 0. The Kier molecular flexibility index (Phi) is 4.69.